The van der Waals surface area contributed by atoms with Crippen LogP contribution in [0, 0.1) is 15.5 Å². The highest BCUT2D eigenvalue weighted by Crippen LogP contribution is 2.22. The average Bonchev–Trinajstić information content (AvgIpc) is 2.43. The molecule has 0 saturated heterocycles. The highest BCUT2D eigenvalue weighted by molar-refractivity contribution is 7.87. The molecule has 0 fully saturated rings. The lowest BCUT2D eigenvalue weighted by atomic mass is 9.87. The molecule has 1 rings (SSSR count). The Hall–Kier alpha value is -1.42. The second-order valence-corrected chi connectivity index (χ2v) is 7.84. The van der Waals surface area contributed by atoms with Crippen LogP contribution >= 0.6 is 12.2 Å². The molecular weight excluding hydrogens is 330 g/mol. The van der Waals surface area contributed by atoms with Gasteiger partial charge in [0.2, 0.25) is 0 Å². The Morgan fingerprint density at radius 3 is 2.27 bits per heavy atom. The summed E-state index contributed by atoms with van der Waals surface area (Å²) < 4.78 is 28.7. The van der Waals surface area contributed by atoms with Crippen LogP contribution in [0.3, 0.4) is 0 Å². The van der Waals surface area contributed by atoms with Crippen LogP contribution in [0.25, 0.3) is 0 Å². The van der Waals surface area contributed by atoms with E-state index in [-0.39, 0.29) is 15.4 Å². The van der Waals surface area contributed by atoms with Gasteiger partial charge in [-0.1, -0.05) is 33.0 Å². The van der Waals surface area contributed by atoms with Crippen molar-refractivity contribution in [2.45, 2.75) is 31.8 Å². The molecule has 0 spiro atoms. The lowest BCUT2D eigenvalue weighted by Crippen LogP contribution is -2.35. The van der Waals surface area contributed by atoms with Crippen molar-refractivity contribution in [3.8, 4) is 0 Å². The van der Waals surface area contributed by atoms with E-state index < -0.39 is 33.2 Å². The quantitative estimate of drug-likeness (QED) is 0.363. The van der Waals surface area contributed by atoms with Crippen LogP contribution in [0.1, 0.15) is 20.8 Å². The zero-order chi connectivity index (χ0) is 17.1. The molecule has 0 heterocycles. The molecule has 1 unspecified atom stereocenters. The molecule has 0 radical (unpaired) electrons. The Morgan fingerprint density at radius 1 is 1.36 bits per heavy atom. The second kappa shape index (κ2) is 6.78. The van der Waals surface area contributed by atoms with E-state index in [2.05, 4.69) is 0 Å². The molecule has 7 nitrogen and oxygen atoms in total. The fourth-order valence-electron chi connectivity index (χ4n) is 1.50. The van der Waals surface area contributed by atoms with Crippen LogP contribution < -0.4 is 0 Å². The van der Waals surface area contributed by atoms with Crippen molar-refractivity contribution in [1.29, 1.82) is 0 Å². The number of nitro groups is 1. The standard InChI is InChI=1S/C13H17NO6S2/c1-13(2,3)12(15)11(21)8-20-22(18,19)10-6-4-9(5-7-10)14(16)17/h4-7,12,15H,8H2,1-3H3. The molecule has 0 aliphatic heterocycles. The molecule has 9 heteroatoms. The van der Waals surface area contributed by atoms with E-state index in [1.165, 1.54) is 0 Å². The van der Waals surface area contributed by atoms with Crippen LogP contribution in [0.15, 0.2) is 29.2 Å². The van der Waals surface area contributed by atoms with E-state index >= 15 is 0 Å². The van der Waals surface area contributed by atoms with Crippen molar-refractivity contribution >= 4 is 32.9 Å². The summed E-state index contributed by atoms with van der Waals surface area (Å²) in [4.78, 5) is 9.74. The third kappa shape index (κ3) is 4.80. The summed E-state index contributed by atoms with van der Waals surface area (Å²) in [7, 11) is -4.10. The molecule has 1 N–H and O–H groups in total. The van der Waals surface area contributed by atoms with Crippen molar-refractivity contribution in [2.75, 3.05) is 6.61 Å². The van der Waals surface area contributed by atoms with E-state index in [1.807, 2.05) is 0 Å². The Bertz CT molecular complexity index is 661. The zero-order valence-corrected chi connectivity index (χ0v) is 14.0. The first kappa shape index (κ1) is 18.6. The Labute approximate surface area is 134 Å². The summed E-state index contributed by atoms with van der Waals surface area (Å²) >= 11 is 4.97. The Balaban J connectivity index is 2.80. The lowest BCUT2D eigenvalue weighted by Gasteiger charge is -2.26. The minimum atomic E-state index is -4.10. The van der Waals surface area contributed by atoms with Crippen molar-refractivity contribution in [1.82, 2.24) is 0 Å². The first-order valence-corrected chi connectivity index (χ1v) is 8.11. The van der Waals surface area contributed by atoms with E-state index in [0.29, 0.717) is 0 Å². The summed E-state index contributed by atoms with van der Waals surface area (Å²) in [6.45, 7) is 4.84. The van der Waals surface area contributed by atoms with Crippen molar-refractivity contribution < 1.29 is 22.6 Å². The monoisotopic (exact) mass is 347 g/mol. The number of hydrogen-bond acceptors (Lipinski definition) is 7. The Kier molecular flexibility index (Phi) is 5.74. The highest BCUT2D eigenvalue weighted by Gasteiger charge is 2.27. The minimum Gasteiger partial charge on any atom is -0.387 e. The van der Waals surface area contributed by atoms with Gasteiger partial charge in [0, 0.05) is 17.0 Å². The van der Waals surface area contributed by atoms with Gasteiger partial charge in [-0.3, -0.25) is 14.3 Å². The normalized spacial score (nSPS) is 13.6. The second-order valence-electron chi connectivity index (χ2n) is 5.70. The predicted molar refractivity (Wildman–Crippen MR) is 84.3 cm³/mol. The number of thiocarbonyl (C=S) groups is 1. The maximum Gasteiger partial charge on any atom is 0.297 e. The first-order chi connectivity index (χ1) is 9.95. The maximum absolute atomic E-state index is 12.0. The van der Waals surface area contributed by atoms with Crippen LogP contribution in [-0.4, -0.2) is 36.0 Å². The molecule has 1 aromatic rings. The summed E-state index contributed by atoms with van der Waals surface area (Å²) in [5.74, 6) is 0. The number of non-ortho nitro benzene ring substituents is 1. The van der Waals surface area contributed by atoms with Crippen molar-refractivity contribution in [2.24, 2.45) is 5.41 Å². The highest BCUT2D eigenvalue weighted by atomic mass is 32.2. The topological polar surface area (TPSA) is 107 Å². The molecule has 1 aromatic carbocycles. The summed E-state index contributed by atoms with van der Waals surface area (Å²) in [5, 5.41) is 20.5. The fourth-order valence-corrected chi connectivity index (χ4v) is 2.87. The van der Waals surface area contributed by atoms with Gasteiger partial charge in [-0.15, -0.1) is 0 Å². The first-order valence-electron chi connectivity index (χ1n) is 6.30. The summed E-state index contributed by atoms with van der Waals surface area (Å²) in [5.41, 5.74) is -0.755. The molecule has 0 aliphatic carbocycles. The third-order valence-electron chi connectivity index (χ3n) is 2.82. The smallest absolute Gasteiger partial charge is 0.297 e. The van der Waals surface area contributed by atoms with Gasteiger partial charge in [-0.2, -0.15) is 8.42 Å². The van der Waals surface area contributed by atoms with Gasteiger partial charge in [0.05, 0.1) is 15.9 Å². The van der Waals surface area contributed by atoms with Crippen LogP contribution in [0.5, 0.6) is 0 Å². The Morgan fingerprint density at radius 2 is 1.86 bits per heavy atom. The SMILES string of the molecule is CC(C)(C)C(O)C(=S)COS(=O)(=O)c1ccc([N+](=O)[O-])cc1. The van der Waals surface area contributed by atoms with E-state index in [9.17, 15) is 23.6 Å². The van der Waals surface area contributed by atoms with Crippen molar-refractivity contribution in [3.63, 3.8) is 0 Å². The van der Waals surface area contributed by atoms with Gasteiger partial charge < -0.3 is 5.11 Å². The van der Waals surface area contributed by atoms with E-state index in [0.717, 1.165) is 24.3 Å². The number of rotatable bonds is 6. The minimum absolute atomic E-state index is 0.0676. The summed E-state index contributed by atoms with van der Waals surface area (Å²) in [6.07, 6.45) is -0.991. The van der Waals surface area contributed by atoms with Gasteiger partial charge in [0.1, 0.15) is 6.61 Å². The number of aliphatic hydroxyl groups is 1. The van der Waals surface area contributed by atoms with Crippen molar-refractivity contribution in [3.05, 3.63) is 34.4 Å². The summed E-state index contributed by atoms with van der Waals surface area (Å²) in [6, 6.07) is 4.30. The largest absolute Gasteiger partial charge is 0.387 e. The van der Waals surface area contributed by atoms with E-state index in [1.54, 1.807) is 20.8 Å². The average molecular weight is 347 g/mol. The van der Waals surface area contributed by atoms with Crippen LogP contribution in [0.4, 0.5) is 5.69 Å². The molecule has 1 atom stereocenters. The number of hydrogen-bond donors (Lipinski definition) is 1. The molecular formula is C13H17NO6S2. The van der Waals surface area contributed by atoms with E-state index in [4.69, 9.17) is 16.4 Å². The van der Waals surface area contributed by atoms with Gasteiger partial charge in [-0.05, 0) is 17.5 Å². The predicted octanol–water partition coefficient (Wildman–Crippen LogP) is 2.08. The maximum atomic E-state index is 12.0. The molecule has 122 valence electrons. The zero-order valence-electron chi connectivity index (χ0n) is 12.3. The molecule has 0 aromatic heterocycles. The number of nitrogens with zero attached hydrogens (tertiary/aromatic N) is 1. The molecule has 0 bridgehead atoms. The number of aliphatic hydroxyl groups excluding tert-OH is 1. The van der Waals surface area contributed by atoms with Gasteiger partial charge in [-0.25, -0.2) is 0 Å². The molecule has 0 saturated carbocycles. The lowest BCUT2D eigenvalue weighted by molar-refractivity contribution is -0.384. The number of nitro benzene ring substituents is 1. The third-order valence-corrected chi connectivity index (χ3v) is 4.44. The van der Waals surface area contributed by atoms with Crippen LogP contribution in [-0.2, 0) is 14.3 Å². The van der Waals surface area contributed by atoms with Gasteiger partial charge >= 0.3 is 0 Å². The molecule has 22 heavy (non-hydrogen) atoms. The molecule has 0 amide bonds. The van der Waals surface area contributed by atoms with Gasteiger partial charge in [0.15, 0.2) is 0 Å². The fraction of sp³-hybridized carbons (Fsp3) is 0.462. The van der Waals surface area contributed by atoms with Crippen LogP contribution in [0.2, 0.25) is 0 Å². The number of benzene rings is 1. The molecule has 0 aliphatic rings. The van der Waals surface area contributed by atoms with Gasteiger partial charge in [0.25, 0.3) is 15.8 Å².